The van der Waals surface area contributed by atoms with Gasteiger partial charge < -0.3 is 9.64 Å². The van der Waals surface area contributed by atoms with E-state index in [0.717, 1.165) is 25.4 Å². The van der Waals surface area contributed by atoms with E-state index >= 15 is 0 Å². The molecular formula is C11H21NO2. The molecule has 0 aromatic rings. The third kappa shape index (κ3) is 3.99. The van der Waals surface area contributed by atoms with Gasteiger partial charge in [0.2, 0.25) is 0 Å². The molecule has 0 aromatic heterocycles. The highest BCUT2D eigenvalue weighted by Crippen LogP contribution is 2.29. The van der Waals surface area contributed by atoms with Crippen molar-refractivity contribution in [2.24, 2.45) is 5.92 Å². The maximum atomic E-state index is 11.6. The molecule has 0 radical (unpaired) electrons. The SMILES string of the molecule is CCCN(CC1CC1)C(=O)OC(C)C. The van der Waals surface area contributed by atoms with Gasteiger partial charge in [0, 0.05) is 13.1 Å². The number of nitrogens with zero attached hydrogens (tertiary/aromatic N) is 1. The molecule has 3 nitrogen and oxygen atoms in total. The number of amides is 1. The Labute approximate surface area is 86.4 Å². The van der Waals surface area contributed by atoms with Crippen molar-refractivity contribution >= 4 is 6.09 Å². The zero-order chi connectivity index (χ0) is 10.6. The van der Waals surface area contributed by atoms with Gasteiger partial charge in [-0.3, -0.25) is 0 Å². The Balaban J connectivity index is 2.34. The Morgan fingerprint density at radius 3 is 2.57 bits per heavy atom. The Kier molecular flexibility index (Phi) is 4.23. The lowest BCUT2D eigenvalue weighted by Crippen LogP contribution is -2.35. The van der Waals surface area contributed by atoms with Crippen LogP contribution in [-0.4, -0.2) is 30.2 Å². The Morgan fingerprint density at radius 2 is 2.14 bits per heavy atom. The van der Waals surface area contributed by atoms with Crippen molar-refractivity contribution in [1.29, 1.82) is 0 Å². The van der Waals surface area contributed by atoms with E-state index in [2.05, 4.69) is 6.92 Å². The Hall–Kier alpha value is -0.730. The smallest absolute Gasteiger partial charge is 0.410 e. The van der Waals surface area contributed by atoms with Crippen LogP contribution < -0.4 is 0 Å². The van der Waals surface area contributed by atoms with Crippen LogP contribution in [0.15, 0.2) is 0 Å². The first-order valence-corrected chi connectivity index (χ1v) is 5.59. The van der Waals surface area contributed by atoms with Gasteiger partial charge in [-0.05, 0) is 39.0 Å². The number of hydrogen-bond acceptors (Lipinski definition) is 2. The van der Waals surface area contributed by atoms with Crippen molar-refractivity contribution in [3.8, 4) is 0 Å². The second-order valence-electron chi connectivity index (χ2n) is 4.32. The maximum absolute atomic E-state index is 11.6. The van der Waals surface area contributed by atoms with Gasteiger partial charge in [-0.2, -0.15) is 0 Å². The number of ether oxygens (including phenoxy) is 1. The second-order valence-corrected chi connectivity index (χ2v) is 4.32. The standard InChI is InChI=1S/C11H21NO2/c1-4-7-12(8-10-5-6-10)11(13)14-9(2)3/h9-10H,4-8H2,1-3H3. The molecule has 82 valence electrons. The summed E-state index contributed by atoms with van der Waals surface area (Å²) in [7, 11) is 0. The quantitative estimate of drug-likeness (QED) is 0.681. The van der Waals surface area contributed by atoms with Crippen molar-refractivity contribution in [3.05, 3.63) is 0 Å². The molecule has 0 aromatic carbocycles. The summed E-state index contributed by atoms with van der Waals surface area (Å²) in [6.45, 7) is 7.57. The maximum Gasteiger partial charge on any atom is 0.410 e. The van der Waals surface area contributed by atoms with Gasteiger partial charge in [0.05, 0.1) is 6.10 Å². The molecule has 0 saturated heterocycles. The monoisotopic (exact) mass is 199 g/mol. The fourth-order valence-electron chi connectivity index (χ4n) is 1.42. The molecule has 0 aliphatic heterocycles. The molecule has 1 aliphatic rings. The van der Waals surface area contributed by atoms with E-state index in [1.54, 1.807) is 0 Å². The lowest BCUT2D eigenvalue weighted by molar-refractivity contribution is 0.0753. The van der Waals surface area contributed by atoms with E-state index in [0.29, 0.717) is 0 Å². The molecule has 1 saturated carbocycles. The van der Waals surface area contributed by atoms with Crippen LogP contribution in [0.3, 0.4) is 0 Å². The van der Waals surface area contributed by atoms with E-state index in [9.17, 15) is 4.79 Å². The van der Waals surface area contributed by atoms with Gasteiger partial charge in [0.15, 0.2) is 0 Å². The molecule has 3 heteroatoms. The first-order valence-electron chi connectivity index (χ1n) is 5.59. The Morgan fingerprint density at radius 1 is 1.50 bits per heavy atom. The highest BCUT2D eigenvalue weighted by atomic mass is 16.6. The largest absolute Gasteiger partial charge is 0.447 e. The van der Waals surface area contributed by atoms with E-state index in [1.165, 1.54) is 12.8 Å². The molecule has 0 unspecified atom stereocenters. The zero-order valence-electron chi connectivity index (χ0n) is 9.45. The Bertz CT molecular complexity index is 188. The minimum Gasteiger partial charge on any atom is -0.447 e. The third-order valence-corrected chi connectivity index (χ3v) is 2.26. The molecule has 14 heavy (non-hydrogen) atoms. The molecule has 0 bridgehead atoms. The first-order chi connectivity index (χ1) is 6.63. The molecular weight excluding hydrogens is 178 g/mol. The summed E-state index contributed by atoms with van der Waals surface area (Å²) in [4.78, 5) is 13.5. The minimum absolute atomic E-state index is 0.0129. The second kappa shape index (κ2) is 5.23. The summed E-state index contributed by atoms with van der Waals surface area (Å²) in [5.74, 6) is 0.737. The lowest BCUT2D eigenvalue weighted by Gasteiger charge is -2.22. The van der Waals surface area contributed by atoms with Crippen LogP contribution in [0.5, 0.6) is 0 Å². The first kappa shape index (κ1) is 11.3. The van der Waals surface area contributed by atoms with E-state index in [-0.39, 0.29) is 12.2 Å². The topological polar surface area (TPSA) is 29.5 Å². The molecule has 1 amide bonds. The predicted molar refractivity (Wildman–Crippen MR) is 56.2 cm³/mol. The van der Waals surface area contributed by atoms with Gasteiger partial charge >= 0.3 is 6.09 Å². The van der Waals surface area contributed by atoms with Crippen LogP contribution in [0.25, 0.3) is 0 Å². The average molecular weight is 199 g/mol. The van der Waals surface area contributed by atoms with Crippen molar-refractivity contribution in [2.45, 2.75) is 46.1 Å². The summed E-state index contributed by atoms with van der Waals surface area (Å²) in [5, 5.41) is 0. The van der Waals surface area contributed by atoms with Crippen LogP contribution in [0.4, 0.5) is 4.79 Å². The van der Waals surface area contributed by atoms with Crippen LogP contribution in [0.2, 0.25) is 0 Å². The lowest BCUT2D eigenvalue weighted by atomic mass is 10.3. The molecule has 0 N–H and O–H groups in total. The summed E-state index contributed by atoms with van der Waals surface area (Å²) >= 11 is 0. The van der Waals surface area contributed by atoms with Gasteiger partial charge in [-0.15, -0.1) is 0 Å². The predicted octanol–water partition coefficient (Wildman–Crippen LogP) is 2.65. The summed E-state index contributed by atoms with van der Waals surface area (Å²) in [6.07, 6.45) is 3.39. The van der Waals surface area contributed by atoms with E-state index < -0.39 is 0 Å². The molecule has 1 aliphatic carbocycles. The van der Waals surface area contributed by atoms with Crippen molar-refractivity contribution in [3.63, 3.8) is 0 Å². The molecule has 0 heterocycles. The number of carbonyl (C=O) groups excluding carboxylic acids is 1. The van der Waals surface area contributed by atoms with Crippen molar-refractivity contribution in [2.75, 3.05) is 13.1 Å². The zero-order valence-corrected chi connectivity index (χ0v) is 9.45. The van der Waals surface area contributed by atoms with Gasteiger partial charge in [0.1, 0.15) is 0 Å². The molecule has 0 spiro atoms. The molecule has 1 fully saturated rings. The fraction of sp³-hybridized carbons (Fsp3) is 0.909. The summed E-state index contributed by atoms with van der Waals surface area (Å²) in [6, 6.07) is 0. The van der Waals surface area contributed by atoms with Gasteiger partial charge in [0.25, 0.3) is 0 Å². The third-order valence-electron chi connectivity index (χ3n) is 2.26. The van der Waals surface area contributed by atoms with Crippen LogP contribution in [0, 0.1) is 5.92 Å². The molecule has 0 atom stereocenters. The van der Waals surface area contributed by atoms with Crippen molar-refractivity contribution in [1.82, 2.24) is 4.90 Å². The van der Waals surface area contributed by atoms with Crippen LogP contribution >= 0.6 is 0 Å². The molecule has 1 rings (SSSR count). The average Bonchev–Trinajstić information content (AvgIpc) is 2.86. The number of hydrogen-bond donors (Lipinski definition) is 0. The fourth-order valence-corrected chi connectivity index (χ4v) is 1.42. The number of carbonyl (C=O) groups is 1. The van der Waals surface area contributed by atoms with E-state index in [1.807, 2.05) is 18.7 Å². The summed E-state index contributed by atoms with van der Waals surface area (Å²) in [5.41, 5.74) is 0. The van der Waals surface area contributed by atoms with Crippen LogP contribution in [0.1, 0.15) is 40.0 Å². The van der Waals surface area contributed by atoms with Gasteiger partial charge in [-0.1, -0.05) is 6.92 Å². The summed E-state index contributed by atoms with van der Waals surface area (Å²) < 4.78 is 5.18. The van der Waals surface area contributed by atoms with E-state index in [4.69, 9.17) is 4.74 Å². The van der Waals surface area contributed by atoms with Crippen LogP contribution in [-0.2, 0) is 4.74 Å². The minimum atomic E-state index is -0.145. The highest BCUT2D eigenvalue weighted by molar-refractivity contribution is 5.67. The normalized spacial score (nSPS) is 15.7. The van der Waals surface area contributed by atoms with Crippen molar-refractivity contribution < 1.29 is 9.53 Å². The van der Waals surface area contributed by atoms with Gasteiger partial charge in [-0.25, -0.2) is 4.79 Å². The highest BCUT2D eigenvalue weighted by Gasteiger charge is 2.27. The number of rotatable bonds is 5.